The number of benzene rings is 1. The van der Waals surface area contributed by atoms with Crippen molar-refractivity contribution in [3.05, 3.63) is 65.1 Å². The quantitative estimate of drug-likeness (QED) is 0.760. The zero-order valence-corrected chi connectivity index (χ0v) is 14.6. The van der Waals surface area contributed by atoms with E-state index in [1.54, 1.807) is 12.3 Å². The Labute approximate surface area is 150 Å². The first-order valence-electron chi connectivity index (χ1n) is 7.63. The number of anilines is 2. The van der Waals surface area contributed by atoms with Crippen LogP contribution in [0.1, 0.15) is 16.1 Å². The Kier molecular flexibility index (Phi) is 4.95. The molecule has 2 aromatic heterocycles. The maximum absolute atomic E-state index is 12.5. The molecule has 128 valence electrons. The van der Waals surface area contributed by atoms with Crippen LogP contribution >= 0.6 is 11.6 Å². The lowest BCUT2D eigenvalue weighted by Crippen LogP contribution is -2.18. The smallest absolute Gasteiger partial charge is 0.280 e. The lowest BCUT2D eigenvalue weighted by molar-refractivity contribution is 0.102. The Morgan fingerprint density at radius 2 is 1.96 bits per heavy atom. The predicted octanol–water partition coefficient (Wildman–Crippen LogP) is 2.69. The molecule has 0 saturated carbocycles. The molecule has 8 heteroatoms. The lowest BCUT2D eigenvalue weighted by atomic mass is 10.2. The number of nitrogens with zero attached hydrogens (tertiary/aromatic N) is 5. The predicted molar refractivity (Wildman–Crippen MR) is 97.1 cm³/mol. The fourth-order valence-electron chi connectivity index (χ4n) is 2.32. The van der Waals surface area contributed by atoms with Crippen molar-refractivity contribution in [1.82, 2.24) is 20.0 Å². The van der Waals surface area contributed by atoms with Gasteiger partial charge in [-0.1, -0.05) is 47.1 Å². The summed E-state index contributed by atoms with van der Waals surface area (Å²) in [4.78, 5) is 18.6. The summed E-state index contributed by atoms with van der Waals surface area (Å²) >= 11 is 6.28. The Morgan fingerprint density at radius 1 is 1.20 bits per heavy atom. The molecule has 0 atom stereocenters. The van der Waals surface area contributed by atoms with Crippen LogP contribution in [-0.2, 0) is 6.54 Å². The first-order chi connectivity index (χ1) is 12.1. The summed E-state index contributed by atoms with van der Waals surface area (Å²) in [6, 6.07) is 13.4. The molecule has 1 aromatic carbocycles. The van der Waals surface area contributed by atoms with E-state index >= 15 is 0 Å². The van der Waals surface area contributed by atoms with Crippen molar-refractivity contribution < 1.29 is 4.79 Å². The molecule has 25 heavy (non-hydrogen) atoms. The Bertz CT molecular complexity index is 878. The summed E-state index contributed by atoms with van der Waals surface area (Å²) in [6.45, 7) is 0.437. The van der Waals surface area contributed by atoms with Crippen molar-refractivity contribution in [3.63, 3.8) is 0 Å². The Morgan fingerprint density at radius 3 is 2.68 bits per heavy atom. The second-order valence-electron chi connectivity index (χ2n) is 5.59. The van der Waals surface area contributed by atoms with E-state index in [0.29, 0.717) is 12.4 Å². The highest BCUT2D eigenvalue weighted by molar-refractivity contribution is 6.33. The van der Waals surface area contributed by atoms with Crippen molar-refractivity contribution in [1.29, 1.82) is 0 Å². The molecule has 0 spiro atoms. The molecule has 0 radical (unpaired) electrons. The molecule has 0 aliphatic rings. The average molecular weight is 357 g/mol. The molecule has 0 fully saturated rings. The summed E-state index contributed by atoms with van der Waals surface area (Å²) in [7, 11) is 3.74. The topological polar surface area (TPSA) is 75.9 Å². The minimum atomic E-state index is -0.453. The van der Waals surface area contributed by atoms with Crippen molar-refractivity contribution in [3.8, 4) is 0 Å². The Hall–Kier alpha value is -2.93. The third kappa shape index (κ3) is 3.77. The van der Waals surface area contributed by atoms with Crippen molar-refractivity contribution in [2.75, 3.05) is 24.3 Å². The second kappa shape index (κ2) is 7.31. The number of carbonyl (C=O) groups excluding carboxylic acids is 1. The maximum Gasteiger partial charge on any atom is 0.280 e. The van der Waals surface area contributed by atoms with Gasteiger partial charge in [0.25, 0.3) is 5.91 Å². The Balaban J connectivity index is 1.80. The van der Waals surface area contributed by atoms with Crippen LogP contribution in [-0.4, -0.2) is 40.0 Å². The molecule has 7 nitrogen and oxygen atoms in total. The molecule has 3 rings (SSSR count). The number of nitrogens with one attached hydrogen (secondary N) is 1. The molecule has 0 saturated heterocycles. The van der Waals surface area contributed by atoms with Crippen LogP contribution in [0.3, 0.4) is 0 Å². The fourth-order valence-corrected chi connectivity index (χ4v) is 2.54. The van der Waals surface area contributed by atoms with Gasteiger partial charge in [0.15, 0.2) is 16.7 Å². The molecule has 1 N–H and O–H groups in total. The van der Waals surface area contributed by atoms with Crippen LogP contribution in [0, 0.1) is 0 Å². The number of pyridine rings is 1. The molecule has 3 aromatic rings. The fraction of sp³-hybridized carbons (Fsp3) is 0.176. The normalized spacial score (nSPS) is 10.5. The van der Waals surface area contributed by atoms with Gasteiger partial charge in [0.2, 0.25) is 0 Å². The number of hydrogen-bond acceptors (Lipinski definition) is 5. The monoisotopic (exact) mass is 356 g/mol. The average Bonchev–Trinajstić information content (AvgIpc) is 2.97. The number of aromatic nitrogens is 4. The van der Waals surface area contributed by atoms with Gasteiger partial charge in [0.1, 0.15) is 0 Å². The highest BCUT2D eigenvalue weighted by atomic mass is 35.5. The SMILES string of the molecule is CN(C)c1cccnc1NC(=O)c1nnn(Cc2ccccc2)c1Cl. The minimum absolute atomic E-state index is 0.0629. The second-order valence-corrected chi connectivity index (χ2v) is 5.95. The van der Waals surface area contributed by atoms with Crippen LogP contribution < -0.4 is 10.2 Å². The van der Waals surface area contributed by atoms with Crippen molar-refractivity contribution >= 4 is 29.0 Å². The summed E-state index contributed by atoms with van der Waals surface area (Å²) in [6.07, 6.45) is 1.61. The van der Waals surface area contributed by atoms with E-state index < -0.39 is 5.91 Å². The maximum atomic E-state index is 12.5. The number of amides is 1. The van der Waals surface area contributed by atoms with Gasteiger partial charge in [0.05, 0.1) is 12.2 Å². The van der Waals surface area contributed by atoms with Crippen LogP contribution in [0.25, 0.3) is 0 Å². The number of carbonyl (C=O) groups is 1. The number of hydrogen-bond donors (Lipinski definition) is 1. The standard InChI is InChI=1S/C17H17ClN6O/c1-23(2)13-9-6-10-19-16(13)20-17(25)14-15(18)24(22-21-14)11-12-7-4-3-5-8-12/h3-10H,11H2,1-2H3,(H,19,20,25). The molecule has 2 heterocycles. The number of halogens is 1. The van der Waals surface area contributed by atoms with E-state index in [4.69, 9.17) is 11.6 Å². The van der Waals surface area contributed by atoms with Gasteiger partial charge in [-0.2, -0.15) is 0 Å². The minimum Gasteiger partial charge on any atom is -0.375 e. The first-order valence-corrected chi connectivity index (χ1v) is 8.00. The van der Waals surface area contributed by atoms with Crippen LogP contribution in [0.5, 0.6) is 0 Å². The first kappa shape index (κ1) is 16.9. The van der Waals surface area contributed by atoms with Crippen LogP contribution in [0.15, 0.2) is 48.7 Å². The third-order valence-corrected chi connectivity index (χ3v) is 3.94. The van der Waals surface area contributed by atoms with E-state index in [2.05, 4.69) is 20.6 Å². The summed E-state index contributed by atoms with van der Waals surface area (Å²) in [5.74, 6) is -0.0164. The van der Waals surface area contributed by atoms with E-state index in [-0.39, 0.29) is 10.8 Å². The lowest BCUT2D eigenvalue weighted by Gasteiger charge is -2.16. The van der Waals surface area contributed by atoms with Gasteiger partial charge in [-0.05, 0) is 17.7 Å². The highest BCUT2D eigenvalue weighted by Crippen LogP contribution is 2.22. The van der Waals surface area contributed by atoms with Crippen LogP contribution in [0.2, 0.25) is 5.15 Å². The summed E-state index contributed by atoms with van der Waals surface area (Å²) in [5.41, 5.74) is 1.86. The van der Waals surface area contributed by atoms with E-state index in [1.165, 1.54) is 4.68 Å². The summed E-state index contributed by atoms with van der Waals surface area (Å²) < 4.78 is 1.48. The molecule has 0 aliphatic carbocycles. The molecule has 0 unspecified atom stereocenters. The van der Waals surface area contributed by atoms with Crippen molar-refractivity contribution in [2.24, 2.45) is 0 Å². The molecular weight excluding hydrogens is 340 g/mol. The molecular formula is C17H17ClN6O. The van der Waals surface area contributed by atoms with Crippen molar-refractivity contribution in [2.45, 2.75) is 6.54 Å². The van der Waals surface area contributed by atoms with Crippen LogP contribution in [0.4, 0.5) is 11.5 Å². The van der Waals surface area contributed by atoms with Gasteiger partial charge in [-0.3, -0.25) is 4.79 Å². The largest absolute Gasteiger partial charge is 0.375 e. The zero-order valence-electron chi connectivity index (χ0n) is 13.8. The number of rotatable bonds is 5. The molecule has 0 bridgehead atoms. The van der Waals surface area contributed by atoms with Gasteiger partial charge in [-0.15, -0.1) is 5.10 Å². The third-order valence-electron chi connectivity index (χ3n) is 3.57. The molecule has 0 aliphatic heterocycles. The van der Waals surface area contributed by atoms with Gasteiger partial charge in [0, 0.05) is 20.3 Å². The summed E-state index contributed by atoms with van der Waals surface area (Å²) in [5, 5.41) is 10.8. The van der Waals surface area contributed by atoms with Gasteiger partial charge in [-0.25, -0.2) is 9.67 Å². The highest BCUT2D eigenvalue weighted by Gasteiger charge is 2.20. The zero-order chi connectivity index (χ0) is 17.8. The van der Waals surface area contributed by atoms with E-state index in [1.807, 2.05) is 55.4 Å². The van der Waals surface area contributed by atoms with Gasteiger partial charge >= 0.3 is 0 Å². The molecule has 1 amide bonds. The van der Waals surface area contributed by atoms with E-state index in [9.17, 15) is 4.79 Å². The van der Waals surface area contributed by atoms with Gasteiger partial charge < -0.3 is 10.2 Å². The van der Waals surface area contributed by atoms with E-state index in [0.717, 1.165) is 11.3 Å².